The van der Waals surface area contributed by atoms with Crippen LogP contribution in [0.3, 0.4) is 0 Å². The molecule has 1 saturated heterocycles. The molecule has 1 aromatic heterocycles. The number of nitrogens with zero attached hydrogens (tertiary/aromatic N) is 1. The maximum atomic E-state index is 13.9. The molecule has 1 unspecified atom stereocenters. The van der Waals surface area contributed by atoms with Crippen LogP contribution in [0.1, 0.15) is 53.5 Å². The summed E-state index contributed by atoms with van der Waals surface area (Å²) in [6.45, 7) is 4.19. The number of pyridine rings is 1. The summed E-state index contributed by atoms with van der Waals surface area (Å²) >= 11 is 0. The first kappa shape index (κ1) is 23.3. The summed E-state index contributed by atoms with van der Waals surface area (Å²) in [5.41, 5.74) is 3.33. The third-order valence-corrected chi connectivity index (χ3v) is 5.62. The van der Waals surface area contributed by atoms with Crippen LogP contribution in [0.4, 0.5) is 8.78 Å². The average molecular weight is 431 g/mol. The molecule has 2 aromatic rings. The Morgan fingerprint density at radius 2 is 2.00 bits per heavy atom. The van der Waals surface area contributed by atoms with Gasteiger partial charge in [0.2, 0.25) is 0 Å². The molecule has 2 heterocycles. The summed E-state index contributed by atoms with van der Waals surface area (Å²) in [7, 11) is 0. The summed E-state index contributed by atoms with van der Waals surface area (Å²) in [5.74, 6) is -3.47. The molecule has 1 atom stereocenters. The van der Waals surface area contributed by atoms with Gasteiger partial charge < -0.3 is 16.0 Å². The second-order valence-corrected chi connectivity index (χ2v) is 8.10. The van der Waals surface area contributed by atoms with Crippen LogP contribution in [0.5, 0.6) is 0 Å². The Morgan fingerprint density at radius 3 is 2.74 bits per heavy atom. The van der Waals surface area contributed by atoms with Crippen LogP contribution in [0, 0.1) is 5.92 Å². The van der Waals surface area contributed by atoms with Crippen molar-refractivity contribution in [3.05, 3.63) is 65.0 Å². The first-order chi connectivity index (χ1) is 15.0. The van der Waals surface area contributed by atoms with Crippen molar-refractivity contribution in [3.8, 4) is 0 Å². The van der Waals surface area contributed by atoms with Crippen LogP contribution < -0.4 is 16.0 Å². The summed E-state index contributed by atoms with van der Waals surface area (Å²) in [5, 5.41) is 8.89. The zero-order chi connectivity index (χ0) is 22.1. The molecule has 1 aliphatic rings. The topological polar surface area (TPSA) is 66.1 Å². The maximum Gasteiger partial charge on any atom is 0.263 e. The zero-order valence-corrected chi connectivity index (χ0v) is 18.1. The highest BCUT2D eigenvalue weighted by molar-refractivity contribution is 5.94. The Kier molecular flexibility index (Phi) is 8.49. The summed E-state index contributed by atoms with van der Waals surface area (Å²) in [6, 6.07) is 13.6. The molecule has 0 bridgehead atoms. The molecule has 1 amide bonds. The van der Waals surface area contributed by atoms with Gasteiger partial charge in [-0.3, -0.25) is 9.78 Å². The van der Waals surface area contributed by atoms with Crippen LogP contribution in [0.2, 0.25) is 0 Å². The van der Waals surface area contributed by atoms with E-state index in [0.29, 0.717) is 50.9 Å². The van der Waals surface area contributed by atoms with Gasteiger partial charge in [-0.2, -0.15) is 0 Å². The molecule has 168 valence electrons. The third-order valence-electron chi connectivity index (χ3n) is 5.62. The van der Waals surface area contributed by atoms with Crippen molar-refractivity contribution in [2.75, 3.05) is 26.2 Å². The fourth-order valence-corrected chi connectivity index (χ4v) is 3.91. The minimum Gasteiger partial charge on any atom is -0.352 e. The molecule has 1 aliphatic heterocycles. The highest BCUT2D eigenvalue weighted by Crippen LogP contribution is 2.32. The molecular weight excluding hydrogens is 398 g/mol. The van der Waals surface area contributed by atoms with Gasteiger partial charge in [-0.25, -0.2) is 8.78 Å². The molecule has 1 fully saturated rings. The van der Waals surface area contributed by atoms with Crippen molar-refractivity contribution in [1.29, 1.82) is 0 Å². The highest BCUT2D eigenvalue weighted by atomic mass is 19.3. The molecule has 0 saturated carbocycles. The van der Waals surface area contributed by atoms with Crippen molar-refractivity contribution >= 4 is 5.91 Å². The molecule has 0 aliphatic carbocycles. The molecule has 3 rings (SSSR count). The first-order valence-corrected chi connectivity index (χ1v) is 11.1. The number of carbonyl (C=O) groups is 1. The predicted molar refractivity (Wildman–Crippen MR) is 118 cm³/mol. The SMILES string of the molecule is CCNCc1cc(C(=O)NCCCC2CCNCC2(F)F)cc(Cc2ccccc2)n1. The van der Waals surface area contributed by atoms with E-state index in [-0.39, 0.29) is 12.5 Å². The minimum absolute atomic E-state index is 0.188. The van der Waals surface area contributed by atoms with Crippen molar-refractivity contribution < 1.29 is 13.6 Å². The Bertz CT molecular complexity index is 845. The van der Waals surface area contributed by atoms with Gasteiger partial charge in [0.25, 0.3) is 11.8 Å². The lowest BCUT2D eigenvalue weighted by Gasteiger charge is -2.31. The number of benzene rings is 1. The third kappa shape index (κ3) is 7.08. The monoisotopic (exact) mass is 430 g/mol. The molecule has 3 N–H and O–H groups in total. The normalized spacial score (nSPS) is 18.0. The van der Waals surface area contributed by atoms with Crippen LogP contribution in [-0.2, 0) is 13.0 Å². The molecule has 0 radical (unpaired) electrons. The number of piperidine rings is 1. The van der Waals surface area contributed by atoms with E-state index in [1.54, 1.807) is 6.07 Å². The van der Waals surface area contributed by atoms with E-state index in [0.717, 1.165) is 23.5 Å². The molecule has 7 heteroatoms. The van der Waals surface area contributed by atoms with E-state index in [2.05, 4.69) is 16.0 Å². The maximum absolute atomic E-state index is 13.9. The van der Waals surface area contributed by atoms with Gasteiger partial charge in [0.15, 0.2) is 0 Å². The lowest BCUT2D eigenvalue weighted by atomic mass is 9.89. The van der Waals surface area contributed by atoms with Crippen molar-refractivity contribution in [1.82, 2.24) is 20.9 Å². The molecule has 31 heavy (non-hydrogen) atoms. The fraction of sp³-hybridized carbons (Fsp3) is 0.500. The van der Waals surface area contributed by atoms with E-state index in [4.69, 9.17) is 4.98 Å². The van der Waals surface area contributed by atoms with Gasteiger partial charge in [-0.05, 0) is 50.0 Å². The number of rotatable bonds is 10. The smallest absolute Gasteiger partial charge is 0.263 e. The van der Waals surface area contributed by atoms with Gasteiger partial charge >= 0.3 is 0 Å². The van der Waals surface area contributed by atoms with E-state index in [9.17, 15) is 13.6 Å². The van der Waals surface area contributed by atoms with Crippen molar-refractivity contribution in [3.63, 3.8) is 0 Å². The number of hydrogen-bond donors (Lipinski definition) is 3. The Hall–Kier alpha value is -2.38. The predicted octanol–water partition coefficient (Wildman–Crippen LogP) is 3.54. The Morgan fingerprint density at radius 1 is 1.23 bits per heavy atom. The second-order valence-electron chi connectivity index (χ2n) is 8.10. The Balaban J connectivity index is 1.60. The first-order valence-electron chi connectivity index (χ1n) is 11.1. The number of carbonyl (C=O) groups excluding carboxylic acids is 1. The Labute approximate surface area is 183 Å². The number of hydrogen-bond acceptors (Lipinski definition) is 4. The highest BCUT2D eigenvalue weighted by Gasteiger charge is 2.40. The minimum atomic E-state index is -2.67. The largest absolute Gasteiger partial charge is 0.352 e. The number of halogens is 2. The summed E-state index contributed by atoms with van der Waals surface area (Å²) in [4.78, 5) is 17.4. The second kappa shape index (κ2) is 11.3. The molecule has 5 nitrogen and oxygen atoms in total. The quantitative estimate of drug-likeness (QED) is 0.505. The fourth-order valence-electron chi connectivity index (χ4n) is 3.91. The zero-order valence-electron chi connectivity index (χ0n) is 18.1. The van der Waals surface area contributed by atoms with E-state index in [1.807, 2.05) is 43.3 Å². The standard InChI is InChI=1S/C24H32F2N4O/c1-2-27-16-22-15-19(14-21(30-22)13-18-7-4-3-5-8-18)23(31)29-11-6-9-20-10-12-28-17-24(20,25)26/h3-5,7-8,14-15,20,27-28H,2,6,9-13,16-17H2,1H3,(H,29,31). The van der Waals surface area contributed by atoms with Crippen LogP contribution in [0.25, 0.3) is 0 Å². The number of nitrogens with one attached hydrogen (secondary N) is 3. The van der Waals surface area contributed by atoms with Crippen LogP contribution in [0.15, 0.2) is 42.5 Å². The number of aromatic nitrogens is 1. The van der Waals surface area contributed by atoms with E-state index >= 15 is 0 Å². The summed E-state index contributed by atoms with van der Waals surface area (Å²) < 4.78 is 27.9. The lowest BCUT2D eigenvalue weighted by Crippen LogP contribution is -2.46. The molecule has 0 spiro atoms. The van der Waals surface area contributed by atoms with Gasteiger partial charge in [0.1, 0.15) is 0 Å². The number of amides is 1. The van der Waals surface area contributed by atoms with Gasteiger partial charge in [-0.1, -0.05) is 37.3 Å². The van der Waals surface area contributed by atoms with Gasteiger partial charge in [-0.15, -0.1) is 0 Å². The van der Waals surface area contributed by atoms with Crippen LogP contribution in [-0.4, -0.2) is 43.0 Å². The lowest BCUT2D eigenvalue weighted by molar-refractivity contribution is -0.0762. The van der Waals surface area contributed by atoms with Gasteiger partial charge in [0, 0.05) is 36.7 Å². The summed E-state index contributed by atoms with van der Waals surface area (Å²) in [6.07, 6.45) is 2.07. The van der Waals surface area contributed by atoms with Gasteiger partial charge in [0.05, 0.1) is 12.2 Å². The van der Waals surface area contributed by atoms with Crippen LogP contribution >= 0.6 is 0 Å². The molecule has 1 aromatic carbocycles. The molecular formula is C24H32F2N4O. The van der Waals surface area contributed by atoms with Crippen molar-refractivity contribution in [2.24, 2.45) is 5.92 Å². The average Bonchev–Trinajstić information content (AvgIpc) is 2.76. The van der Waals surface area contributed by atoms with E-state index < -0.39 is 11.8 Å². The van der Waals surface area contributed by atoms with E-state index in [1.165, 1.54) is 0 Å². The number of alkyl halides is 2. The van der Waals surface area contributed by atoms with Crippen molar-refractivity contribution in [2.45, 2.75) is 45.1 Å².